The minimum Gasteiger partial charge on any atom is -0.338 e. The zero-order valence-electron chi connectivity index (χ0n) is 8.82. The highest BCUT2D eigenvalue weighted by atomic mass is 32.1. The van der Waals surface area contributed by atoms with Gasteiger partial charge in [-0.05, 0) is 23.6 Å². The van der Waals surface area contributed by atoms with Crippen LogP contribution in [0.3, 0.4) is 0 Å². The predicted octanol–water partition coefficient (Wildman–Crippen LogP) is 3.78. The Morgan fingerprint density at radius 1 is 1.28 bits per heavy atom. The molecule has 0 saturated heterocycles. The normalized spacial score (nSPS) is 11.0. The van der Waals surface area contributed by atoms with E-state index in [-0.39, 0.29) is 11.4 Å². The maximum absolute atomic E-state index is 12.5. The highest BCUT2D eigenvalue weighted by molar-refractivity contribution is 7.08. The van der Waals surface area contributed by atoms with Crippen LogP contribution in [0.1, 0.15) is 11.3 Å². The topological polar surface area (TPSA) is 48.7 Å². The van der Waals surface area contributed by atoms with Crippen LogP contribution in [0.2, 0.25) is 0 Å². The maximum Gasteiger partial charge on any atom is 0.433 e. The minimum absolute atomic E-state index is 0.0641. The molecule has 7 heteroatoms. The van der Waals surface area contributed by atoms with E-state index in [2.05, 4.69) is 10.3 Å². The Balaban J connectivity index is 2.41. The van der Waals surface area contributed by atoms with Crippen molar-refractivity contribution < 1.29 is 13.2 Å². The van der Waals surface area contributed by atoms with Gasteiger partial charge in [-0.1, -0.05) is 0 Å². The summed E-state index contributed by atoms with van der Waals surface area (Å²) in [7, 11) is 0. The summed E-state index contributed by atoms with van der Waals surface area (Å²) in [4.78, 5) is 3.44. The molecule has 3 nitrogen and oxygen atoms in total. The van der Waals surface area contributed by atoms with Crippen molar-refractivity contribution in [2.45, 2.75) is 6.18 Å². The molecule has 2 aromatic heterocycles. The molecule has 2 aromatic rings. The molecule has 0 spiro atoms. The van der Waals surface area contributed by atoms with Crippen molar-refractivity contribution in [2.24, 2.45) is 0 Å². The van der Waals surface area contributed by atoms with E-state index in [0.29, 0.717) is 5.69 Å². The summed E-state index contributed by atoms with van der Waals surface area (Å²) in [6, 6.07) is 5.38. The standard InChI is InChI=1S/C11H6F3N3S/c12-11(13,14)9-2-1-7(5-15)10(17-9)16-8-3-4-18-6-8/h1-4,6H,(H,16,17). The molecule has 18 heavy (non-hydrogen) atoms. The molecule has 0 aliphatic rings. The molecule has 2 rings (SSSR count). The Labute approximate surface area is 105 Å². The van der Waals surface area contributed by atoms with Gasteiger partial charge in [0.1, 0.15) is 17.6 Å². The van der Waals surface area contributed by atoms with Gasteiger partial charge in [0.15, 0.2) is 0 Å². The number of halogens is 3. The van der Waals surface area contributed by atoms with E-state index < -0.39 is 11.9 Å². The largest absolute Gasteiger partial charge is 0.433 e. The molecule has 92 valence electrons. The molecule has 2 heterocycles. The average Bonchev–Trinajstić information content (AvgIpc) is 2.80. The first-order valence-corrected chi connectivity index (χ1v) is 5.72. The highest BCUT2D eigenvalue weighted by Gasteiger charge is 2.33. The van der Waals surface area contributed by atoms with Crippen molar-refractivity contribution >= 4 is 22.8 Å². The van der Waals surface area contributed by atoms with Crippen LogP contribution in [-0.4, -0.2) is 4.98 Å². The summed E-state index contributed by atoms with van der Waals surface area (Å²) in [6.45, 7) is 0. The maximum atomic E-state index is 12.5. The number of hydrogen-bond acceptors (Lipinski definition) is 4. The molecule has 0 aliphatic carbocycles. The van der Waals surface area contributed by atoms with E-state index in [1.165, 1.54) is 11.3 Å². The Bertz CT molecular complexity index is 585. The Hall–Kier alpha value is -2.07. The van der Waals surface area contributed by atoms with Crippen LogP contribution in [0.15, 0.2) is 29.0 Å². The summed E-state index contributed by atoms with van der Waals surface area (Å²) in [6.07, 6.45) is -4.53. The van der Waals surface area contributed by atoms with E-state index in [9.17, 15) is 13.2 Å². The fourth-order valence-electron chi connectivity index (χ4n) is 1.27. The van der Waals surface area contributed by atoms with Gasteiger partial charge in [0.25, 0.3) is 0 Å². The van der Waals surface area contributed by atoms with Gasteiger partial charge in [-0.2, -0.15) is 29.8 Å². The number of thiophene rings is 1. The lowest BCUT2D eigenvalue weighted by molar-refractivity contribution is -0.141. The summed E-state index contributed by atoms with van der Waals surface area (Å²) in [5, 5.41) is 15.0. The number of hydrogen-bond donors (Lipinski definition) is 1. The number of nitriles is 1. The summed E-state index contributed by atoms with van der Waals surface area (Å²) >= 11 is 1.39. The van der Waals surface area contributed by atoms with E-state index in [1.807, 2.05) is 0 Å². The molecule has 1 N–H and O–H groups in total. The number of nitrogens with zero attached hydrogens (tertiary/aromatic N) is 2. The van der Waals surface area contributed by atoms with Gasteiger partial charge in [-0.25, -0.2) is 4.98 Å². The lowest BCUT2D eigenvalue weighted by atomic mass is 10.2. The predicted molar refractivity (Wildman–Crippen MR) is 61.6 cm³/mol. The first kappa shape index (κ1) is 12.4. The van der Waals surface area contributed by atoms with Crippen LogP contribution in [0, 0.1) is 11.3 Å². The van der Waals surface area contributed by atoms with E-state index in [1.54, 1.807) is 22.9 Å². The van der Waals surface area contributed by atoms with Gasteiger partial charge in [-0.15, -0.1) is 0 Å². The SMILES string of the molecule is N#Cc1ccc(C(F)(F)F)nc1Nc1ccsc1. The van der Waals surface area contributed by atoms with Gasteiger partial charge in [-0.3, -0.25) is 0 Å². The molecule has 0 aromatic carbocycles. The van der Waals surface area contributed by atoms with E-state index in [4.69, 9.17) is 5.26 Å². The Morgan fingerprint density at radius 2 is 2.06 bits per heavy atom. The zero-order chi connectivity index (χ0) is 13.2. The molecule has 0 atom stereocenters. The van der Waals surface area contributed by atoms with Crippen LogP contribution >= 0.6 is 11.3 Å². The van der Waals surface area contributed by atoms with Crippen LogP contribution in [0.4, 0.5) is 24.7 Å². The fraction of sp³-hybridized carbons (Fsp3) is 0.0909. The summed E-state index contributed by atoms with van der Waals surface area (Å²) < 4.78 is 37.5. The number of nitrogens with one attached hydrogen (secondary N) is 1. The van der Waals surface area contributed by atoms with Crippen molar-refractivity contribution in [3.8, 4) is 6.07 Å². The van der Waals surface area contributed by atoms with Crippen LogP contribution in [0.25, 0.3) is 0 Å². The van der Waals surface area contributed by atoms with Crippen molar-refractivity contribution in [3.63, 3.8) is 0 Å². The average molecular weight is 269 g/mol. The monoisotopic (exact) mass is 269 g/mol. The number of pyridine rings is 1. The van der Waals surface area contributed by atoms with Crippen molar-refractivity contribution in [1.82, 2.24) is 4.98 Å². The number of rotatable bonds is 2. The highest BCUT2D eigenvalue weighted by Crippen LogP contribution is 2.30. The number of aromatic nitrogens is 1. The van der Waals surface area contributed by atoms with E-state index in [0.717, 1.165) is 12.1 Å². The second kappa shape index (κ2) is 4.66. The molecular weight excluding hydrogens is 263 g/mol. The van der Waals surface area contributed by atoms with Gasteiger partial charge >= 0.3 is 6.18 Å². The second-order valence-corrected chi connectivity index (χ2v) is 4.12. The third-order valence-corrected chi connectivity index (χ3v) is 2.77. The van der Waals surface area contributed by atoms with Gasteiger partial charge in [0.05, 0.1) is 11.3 Å². The summed E-state index contributed by atoms with van der Waals surface area (Å²) in [5.74, 6) is -0.0919. The Morgan fingerprint density at radius 3 is 2.61 bits per heavy atom. The third-order valence-electron chi connectivity index (χ3n) is 2.09. The van der Waals surface area contributed by atoms with Crippen molar-refractivity contribution in [1.29, 1.82) is 5.26 Å². The molecule has 0 radical (unpaired) electrons. The quantitative estimate of drug-likeness (QED) is 0.902. The van der Waals surface area contributed by atoms with Gasteiger partial charge < -0.3 is 5.32 Å². The van der Waals surface area contributed by atoms with Crippen LogP contribution in [0.5, 0.6) is 0 Å². The second-order valence-electron chi connectivity index (χ2n) is 3.34. The Kier molecular flexibility index (Phi) is 3.21. The molecule has 0 fully saturated rings. The third kappa shape index (κ3) is 2.60. The van der Waals surface area contributed by atoms with Gasteiger partial charge in [0, 0.05) is 5.38 Å². The molecule has 0 saturated carbocycles. The summed E-state index contributed by atoms with van der Waals surface area (Å²) in [5.41, 5.74) is -0.364. The lowest BCUT2D eigenvalue weighted by Crippen LogP contribution is -2.10. The van der Waals surface area contributed by atoms with Gasteiger partial charge in [0.2, 0.25) is 0 Å². The minimum atomic E-state index is -4.53. The lowest BCUT2D eigenvalue weighted by Gasteiger charge is -2.10. The molecule has 0 bridgehead atoms. The first-order chi connectivity index (χ1) is 8.50. The number of anilines is 2. The van der Waals surface area contributed by atoms with Crippen LogP contribution < -0.4 is 5.32 Å². The molecule has 0 unspecified atom stereocenters. The molecule has 0 amide bonds. The molecular formula is C11H6F3N3S. The van der Waals surface area contributed by atoms with Crippen LogP contribution in [-0.2, 0) is 6.18 Å². The van der Waals surface area contributed by atoms with Crippen molar-refractivity contribution in [3.05, 3.63) is 40.2 Å². The fourth-order valence-corrected chi connectivity index (χ4v) is 1.86. The first-order valence-electron chi connectivity index (χ1n) is 4.78. The van der Waals surface area contributed by atoms with E-state index >= 15 is 0 Å². The number of alkyl halides is 3. The molecule has 0 aliphatic heterocycles. The van der Waals surface area contributed by atoms with Crippen molar-refractivity contribution in [2.75, 3.05) is 5.32 Å². The zero-order valence-corrected chi connectivity index (χ0v) is 9.64. The smallest absolute Gasteiger partial charge is 0.338 e.